The molecule has 1 atom stereocenters. The van der Waals surface area contributed by atoms with Crippen LogP contribution in [-0.4, -0.2) is 35.1 Å². The Labute approximate surface area is 139 Å². The lowest BCUT2D eigenvalue weighted by Gasteiger charge is -2.28. The van der Waals surface area contributed by atoms with Crippen LogP contribution in [-0.2, 0) is 11.0 Å². The van der Waals surface area contributed by atoms with Crippen molar-refractivity contribution in [2.45, 2.75) is 50.3 Å². The Kier molecular flexibility index (Phi) is 4.85. The lowest BCUT2D eigenvalue weighted by Crippen LogP contribution is -2.36. The molecule has 6 heteroatoms. The van der Waals surface area contributed by atoms with Crippen LogP contribution in [0.2, 0.25) is 0 Å². The van der Waals surface area contributed by atoms with Crippen molar-refractivity contribution in [3.8, 4) is 0 Å². The highest BCUT2D eigenvalue weighted by Crippen LogP contribution is 2.34. The number of benzene rings is 1. The van der Waals surface area contributed by atoms with Crippen molar-refractivity contribution in [1.29, 1.82) is 0 Å². The quantitative estimate of drug-likeness (QED) is 0.893. The normalized spacial score (nSPS) is 28.2. The number of amides is 1. The molecule has 1 aliphatic heterocycles. The second-order valence-corrected chi connectivity index (χ2v) is 6.90. The first-order valence-corrected chi connectivity index (χ1v) is 8.48. The minimum absolute atomic E-state index is 0.0141. The van der Waals surface area contributed by atoms with Crippen molar-refractivity contribution in [3.05, 3.63) is 35.4 Å². The number of hydrogen-bond donors (Lipinski definition) is 1. The van der Waals surface area contributed by atoms with Gasteiger partial charge in [-0.15, -0.1) is 0 Å². The van der Waals surface area contributed by atoms with E-state index in [2.05, 4.69) is 0 Å². The third kappa shape index (κ3) is 3.74. The molecule has 3 nitrogen and oxygen atoms in total. The Balaban J connectivity index is 1.60. The molecule has 2 aliphatic rings. The third-order valence-electron chi connectivity index (χ3n) is 5.26. The Hall–Kier alpha value is -1.56. The van der Waals surface area contributed by atoms with Crippen molar-refractivity contribution in [2.24, 2.45) is 5.92 Å². The van der Waals surface area contributed by atoms with Gasteiger partial charge in [0.05, 0.1) is 11.7 Å². The average Bonchev–Trinajstić information content (AvgIpc) is 3.04. The van der Waals surface area contributed by atoms with Crippen molar-refractivity contribution >= 4 is 5.91 Å². The number of hydrogen-bond acceptors (Lipinski definition) is 2. The van der Waals surface area contributed by atoms with Crippen LogP contribution in [0.25, 0.3) is 0 Å². The molecule has 1 N–H and O–H groups in total. The van der Waals surface area contributed by atoms with Crippen LogP contribution in [0.15, 0.2) is 24.3 Å². The summed E-state index contributed by atoms with van der Waals surface area (Å²) in [7, 11) is 0. The van der Waals surface area contributed by atoms with E-state index in [1.807, 2.05) is 4.90 Å². The van der Waals surface area contributed by atoms with E-state index in [4.69, 9.17) is 0 Å². The number of aliphatic hydroxyl groups excluding tert-OH is 1. The number of rotatable bonds is 2. The van der Waals surface area contributed by atoms with Crippen molar-refractivity contribution in [2.75, 3.05) is 13.1 Å². The predicted octanol–water partition coefficient (Wildman–Crippen LogP) is 3.57. The molecule has 2 fully saturated rings. The van der Waals surface area contributed by atoms with E-state index in [9.17, 15) is 23.1 Å². The molecule has 1 unspecified atom stereocenters. The summed E-state index contributed by atoms with van der Waals surface area (Å²) < 4.78 is 37.9. The molecule has 0 aromatic heterocycles. The largest absolute Gasteiger partial charge is 0.416 e. The Morgan fingerprint density at radius 2 is 1.67 bits per heavy atom. The first kappa shape index (κ1) is 17.3. The molecule has 0 radical (unpaired) electrons. The predicted molar refractivity (Wildman–Crippen MR) is 83.3 cm³/mol. The van der Waals surface area contributed by atoms with Gasteiger partial charge in [-0.2, -0.15) is 13.2 Å². The number of carbonyl (C=O) groups excluding carboxylic acids is 1. The highest BCUT2D eigenvalue weighted by atomic mass is 19.4. The maximum absolute atomic E-state index is 12.6. The number of nitrogens with zero attached hydrogens (tertiary/aromatic N) is 1. The molecule has 1 aliphatic carbocycles. The zero-order valence-electron chi connectivity index (χ0n) is 13.4. The van der Waals surface area contributed by atoms with E-state index in [1.165, 1.54) is 12.1 Å². The lowest BCUT2D eigenvalue weighted by atomic mass is 9.86. The van der Waals surface area contributed by atoms with Gasteiger partial charge < -0.3 is 10.0 Å². The van der Waals surface area contributed by atoms with Gasteiger partial charge in [0.1, 0.15) is 0 Å². The highest BCUT2D eigenvalue weighted by Gasteiger charge is 2.34. The van der Waals surface area contributed by atoms with Gasteiger partial charge in [-0.05, 0) is 49.8 Å². The summed E-state index contributed by atoms with van der Waals surface area (Å²) in [6.07, 6.45) is -1.02. The molecule has 0 bridgehead atoms. The monoisotopic (exact) mass is 341 g/mol. The van der Waals surface area contributed by atoms with E-state index in [0.29, 0.717) is 25.9 Å². The zero-order valence-corrected chi connectivity index (χ0v) is 13.4. The van der Waals surface area contributed by atoms with Gasteiger partial charge in [0, 0.05) is 24.9 Å². The smallest absolute Gasteiger partial charge is 0.393 e. The fourth-order valence-corrected chi connectivity index (χ4v) is 3.76. The minimum atomic E-state index is -4.32. The minimum Gasteiger partial charge on any atom is -0.393 e. The molecule has 1 aromatic rings. The summed E-state index contributed by atoms with van der Waals surface area (Å²) in [5.41, 5.74) is 0.218. The van der Waals surface area contributed by atoms with Gasteiger partial charge in [-0.25, -0.2) is 0 Å². The summed E-state index contributed by atoms with van der Waals surface area (Å²) in [6.45, 7) is 1.23. The van der Waals surface area contributed by atoms with E-state index >= 15 is 0 Å². The van der Waals surface area contributed by atoms with E-state index < -0.39 is 11.7 Å². The Bertz CT molecular complexity index is 577. The SMILES string of the molecule is O=C(C1CCC(O)CC1)N1CCC(c2ccc(C(F)(F)F)cc2)C1. The first-order chi connectivity index (χ1) is 11.3. The Morgan fingerprint density at radius 1 is 1.04 bits per heavy atom. The first-order valence-electron chi connectivity index (χ1n) is 8.48. The summed E-state index contributed by atoms with van der Waals surface area (Å²) in [4.78, 5) is 14.4. The van der Waals surface area contributed by atoms with Gasteiger partial charge in [0.2, 0.25) is 5.91 Å². The standard InChI is InChI=1S/C18H22F3NO2/c19-18(20,21)15-5-1-12(2-6-15)14-9-10-22(11-14)17(24)13-3-7-16(23)8-4-13/h1-2,5-6,13-14,16,23H,3-4,7-11H2. The molecule has 132 valence electrons. The summed E-state index contributed by atoms with van der Waals surface area (Å²) >= 11 is 0. The van der Waals surface area contributed by atoms with Crippen molar-refractivity contribution in [1.82, 2.24) is 4.90 Å². The van der Waals surface area contributed by atoms with Crippen LogP contribution in [0.5, 0.6) is 0 Å². The number of likely N-dealkylation sites (tertiary alicyclic amines) is 1. The van der Waals surface area contributed by atoms with E-state index in [0.717, 1.165) is 37.0 Å². The van der Waals surface area contributed by atoms with Crippen molar-refractivity contribution in [3.63, 3.8) is 0 Å². The van der Waals surface area contributed by atoms with Crippen LogP contribution in [0, 0.1) is 5.92 Å². The average molecular weight is 341 g/mol. The zero-order chi connectivity index (χ0) is 17.3. The van der Waals surface area contributed by atoms with Gasteiger partial charge in [0.25, 0.3) is 0 Å². The molecular formula is C18H22F3NO2. The summed E-state index contributed by atoms with van der Waals surface area (Å²) in [5.74, 6) is 0.224. The Morgan fingerprint density at radius 3 is 2.25 bits per heavy atom. The number of alkyl halides is 3. The van der Waals surface area contributed by atoms with Gasteiger partial charge in [-0.3, -0.25) is 4.79 Å². The van der Waals surface area contributed by atoms with E-state index in [-0.39, 0.29) is 23.8 Å². The number of carbonyl (C=O) groups is 1. The fraction of sp³-hybridized carbons (Fsp3) is 0.611. The van der Waals surface area contributed by atoms with Gasteiger partial charge in [0.15, 0.2) is 0 Å². The maximum atomic E-state index is 12.6. The molecular weight excluding hydrogens is 319 g/mol. The molecule has 1 saturated heterocycles. The fourth-order valence-electron chi connectivity index (χ4n) is 3.76. The number of aliphatic hydroxyl groups is 1. The van der Waals surface area contributed by atoms with E-state index in [1.54, 1.807) is 0 Å². The number of halogens is 3. The lowest BCUT2D eigenvalue weighted by molar-refractivity contribution is -0.137. The maximum Gasteiger partial charge on any atom is 0.416 e. The van der Waals surface area contributed by atoms with Crippen LogP contribution >= 0.6 is 0 Å². The topological polar surface area (TPSA) is 40.5 Å². The molecule has 24 heavy (non-hydrogen) atoms. The third-order valence-corrected chi connectivity index (χ3v) is 5.26. The molecule has 1 aromatic carbocycles. The highest BCUT2D eigenvalue weighted by molar-refractivity contribution is 5.79. The van der Waals surface area contributed by atoms with Crippen LogP contribution in [0.1, 0.15) is 49.1 Å². The van der Waals surface area contributed by atoms with Crippen LogP contribution in [0.4, 0.5) is 13.2 Å². The van der Waals surface area contributed by atoms with Crippen molar-refractivity contribution < 1.29 is 23.1 Å². The molecule has 1 amide bonds. The van der Waals surface area contributed by atoms with Crippen LogP contribution in [0.3, 0.4) is 0 Å². The molecule has 3 rings (SSSR count). The van der Waals surface area contributed by atoms with Gasteiger partial charge >= 0.3 is 6.18 Å². The second kappa shape index (κ2) is 6.75. The molecule has 1 saturated carbocycles. The molecule has 0 spiro atoms. The van der Waals surface area contributed by atoms with Crippen LogP contribution < -0.4 is 0 Å². The summed E-state index contributed by atoms with van der Waals surface area (Å²) in [5, 5.41) is 9.54. The van der Waals surface area contributed by atoms with Gasteiger partial charge in [-0.1, -0.05) is 12.1 Å². The second-order valence-electron chi connectivity index (χ2n) is 6.90. The summed E-state index contributed by atoms with van der Waals surface area (Å²) in [6, 6.07) is 5.28. The molecule has 1 heterocycles.